The number of hydrogen-bond acceptors (Lipinski definition) is 5. The Morgan fingerprint density at radius 2 is 2.12 bits per heavy atom. The highest BCUT2D eigenvalue weighted by atomic mass is 32.2. The summed E-state index contributed by atoms with van der Waals surface area (Å²) in [5.41, 5.74) is -0.985. The fraction of sp³-hybridized carbons (Fsp3) is 0.571. The first-order valence-electron chi connectivity index (χ1n) is 4.42. The van der Waals surface area contributed by atoms with Crippen LogP contribution in [0.2, 0.25) is 0 Å². The van der Waals surface area contributed by atoms with E-state index in [1.165, 1.54) is 7.05 Å². The van der Waals surface area contributed by atoms with Crippen LogP contribution in [0, 0.1) is 0 Å². The van der Waals surface area contributed by atoms with Crippen LogP contribution in [-0.2, 0) is 16.2 Å². The molecule has 0 aliphatic heterocycles. The molecule has 5 nitrogen and oxygen atoms in total. The minimum Gasteiger partial charge on any atom is -0.360 e. The molecule has 1 heterocycles. The number of alkyl halides is 3. The van der Waals surface area contributed by atoms with Gasteiger partial charge in [0.05, 0.1) is 5.75 Å². The van der Waals surface area contributed by atoms with Gasteiger partial charge < -0.3 is 5.32 Å². The van der Waals surface area contributed by atoms with E-state index in [0.717, 1.165) is 16.7 Å². The van der Waals surface area contributed by atoms with Crippen LogP contribution in [0.4, 0.5) is 18.3 Å². The van der Waals surface area contributed by atoms with Crippen molar-refractivity contribution in [1.82, 2.24) is 9.71 Å². The van der Waals surface area contributed by atoms with Crippen molar-refractivity contribution in [2.45, 2.75) is 6.18 Å². The van der Waals surface area contributed by atoms with E-state index in [1.807, 2.05) is 0 Å². The monoisotopic (exact) mass is 289 g/mol. The van der Waals surface area contributed by atoms with Gasteiger partial charge >= 0.3 is 6.18 Å². The summed E-state index contributed by atoms with van der Waals surface area (Å²) in [6.07, 6.45) is -4.48. The molecule has 0 bridgehead atoms. The zero-order valence-electron chi connectivity index (χ0n) is 8.71. The van der Waals surface area contributed by atoms with Gasteiger partial charge in [0.15, 0.2) is 10.8 Å². The van der Waals surface area contributed by atoms with E-state index in [-0.39, 0.29) is 17.4 Å². The molecule has 10 heteroatoms. The first-order chi connectivity index (χ1) is 7.74. The van der Waals surface area contributed by atoms with Crippen molar-refractivity contribution >= 4 is 26.5 Å². The molecule has 98 valence electrons. The van der Waals surface area contributed by atoms with Gasteiger partial charge in [-0.15, -0.1) is 11.3 Å². The van der Waals surface area contributed by atoms with Gasteiger partial charge in [0.1, 0.15) is 0 Å². The van der Waals surface area contributed by atoms with Crippen LogP contribution in [0.1, 0.15) is 5.69 Å². The van der Waals surface area contributed by atoms with Crippen LogP contribution in [-0.4, -0.2) is 32.7 Å². The number of thiazole rings is 1. The Balaban J connectivity index is 2.52. The number of aromatic nitrogens is 1. The first kappa shape index (κ1) is 14.2. The number of anilines is 1. The number of halogens is 3. The van der Waals surface area contributed by atoms with Crippen LogP contribution in [0.25, 0.3) is 0 Å². The number of nitrogens with one attached hydrogen (secondary N) is 2. The average molecular weight is 289 g/mol. The van der Waals surface area contributed by atoms with E-state index in [1.54, 1.807) is 0 Å². The Hall–Kier alpha value is -0.870. The average Bonchev–Trinajstić information content (AvgIpc) is 2.66. The van der Waals surface area contributed by atoms with Crippen molar-refractivity contribution in [2.75, 3.05) is 24.7 Å². The number of hydrogen-bond donors (Lipinski definition) is 2. The molecule has 0 radical (unpaired) electrons. The third kappa shape index (κ3) is 4.48. The maximum Gasteiger partial charge on any atom is 0.434 e. The number of sulfonamides is 1. The fourth-order valence-electron chi connectivity index (χ4n) is 0.880. The van der Waals surface area contributed by atoms with E-state index in [2.05, 4.69) is 15.0 Å². The second kappa shape index (κ2) is 5.19. The van der Waals surface area contributed by atoms with Crippen LogP contribution >= 0.6 is 11.3 Å². The SMILES string of the molecule is CNS(=O)(=O)CCNc1nc(C(F)(F)F)cs1. The summed E-state index contributed by atoms with van der Waals surface area (Å²) in [5, 5.41) is 3.43. The molecule has 0 amide bonds. The molecule has 0 atom stereocenters. The molecule has 0 saturated heterocycles. The lowest BCUT2D eigenvalue weighted by Gasteiger charge is -2.03. The van der Waals surface area contributed by atoms with Gasteiger partial charge in [0.2, 0.25) is 10.0 Å². The minimum absolute atomic E-state index is 0.00597. The Bertz CT molecular complexity index is 469. The van der Waals surface area contributed by atoms with E-state index < -0.39 is 21.9 Å². The summed E-state index contributed by atoms with van der Waals surface area (Å²) in [7, 11) is -2.10. The molecule has 0 spiro atoms. The smallest absolute Gasteiger partial charge is 0.360 e. The Labute approximate surface area is 100 Å². The zero-order chi connectivity index (χ0) is 13.1. The predicted molar refractivity (Wildman–Crippen MR) is 58.5 cm³/mol. The zero-order valence-corrected chi connectivity index (χ0v) is 10.3. The molecule has 17 heavy (non-hydrogen) atoms. The number of rotatable bonds is 5. The molecule has 0 unspecified atom stereocenters. The Kier molecular flexibility index (Phi) is 4.33. The van der Waals surface area contributed by atoms with Crippen molar-refractivity contribution < 1.29 is 21.6 Å². The molecule has 0 aliphatic rings. The van der Waals surface area contributed by atoms with E-state index in [4.69, 9.17) is 0 Å². The predicted octanol–water partition coefficient (Wildman–Crippen LogP) is 1.12. The summed E-state index contributed by atoms with van der Waals surface area (Å²) >= 11 is 0.777. The number of nitrogens with zero attached hydrogens (tertiary/aromatic N) is 1. The van der Waals surface area contributed by atoms with Crippen LogP contribution in [0.15, 0.2) is 5.38 Å². The summed E-state index contributed by atoms with van der Waals surface area (Å²) in [5.74, 6) is -0.232. The van der Waals surface area contributed by atoms with Crippen LogP contribution in [0.5, 0.6) is 0 Å². The molecular weight excluding hydrogens is 279 g/mol. The second-order valence-corrected chi connectivity index (χ2v) is 5.89. The third-order valence-corrected chi connectivity index (χ3v) is 3.92. The molecule has 1 rings (SSSR count). The van der Waals surface area contributed by atoms with Gasteiger partial charge in [-0.1, -0.05) is 0 Å². The quantitative estimate of drug-likeness (QED) is 0.852. The summed E-state index contributed by atoms with van der Waals surface area (Å²) in [6.45, 7) is -0.00597. The molecule has 0 aromatic carbocycles. The third-order valence-electron chi connectivity index (χ3n) is 1.75. The van der Waals surface area contributed by atoms with Crippen molar-refractivity contribution in [2.24, 2.45) is 0 Å². The van der Waals surface area contributed by atoms with Gasteiger partial charge in [0.25, 0.3) is 0 Å². The lowest BCUT2D eigenvalue weighted by atomic mass is 10.5. The minimum atomic E-state index is -4.48. The Morgan fingerprint density at radius 1 is 1.47 bits per heavy atom. The maximum atomic E-state index is 12.2. The standard InChI is InChI=1S/C7H10F3N3O2S2/c1-11-17(14,15)3-2-12-6-13-5(4-16-6)7(8,9)10/h4,11H,2-3H2,1H3,(H,12,13). The van der Waals surface area contributed by atoms with Gasteiger partial charge in [-0.3, -0.25) is 0 Å². The normalized spacial score (nSPS) is 12.7. The van der Waals surface area contributed by atoms with Gasteiger partial charge in [-0.05, 0) is 7.05 Å². The van der Waals surface area contributed by atoms with Crippen molar-refractivity contribution in [1.29, 1.82) is 0 Å². The first-order valence-corrected chi connectivity index (χ1v) is 6.95. The van der Waals surface area contributed by atoms with Gasteiger partial charge in [-0.25, -0.2) is 18.1 Å². The van der Waals surface area contributed by atoms with E-state index >= 15 is 0 Å². The molecule has 0 saturated carbocycles. The summed E-state index contributed by atoms with van der Waals surface area (Å²) in [6, 6.07) is 0. The van der Waals surface area contributed by atoms with Crippen LogP contribution in [0.3, 0.4) is 0 Å². The largest absolute Gasteiger partial charge is 0.434 e. The van der Waals surface area contributed by atoms with Gasteiger partial charge in [-0.2, -0.15) is 13.2 Å². The highest BCUT2D eigenvalue weighted by molar-refractivity contribution is 7.89. The van der Waals surface area contributed by atoms with Crippen molar-refractivity contribution in [3.8, 4) is 0 Å². The van der Waals surface area contributed by atoms with E-state index in [0.29, 0.717) is 0 Å². The van der Waals surface area contributed by atoms with Gasteiger partial charge in [0, 0.05) is 11.9 Å². The maximum absolute atomic E-state index is 12.2. The fourth-order valence-corrected chi connectivity index (χ4v) is 2.20. The topological polar surface area (TPSA) is 71.1 Å². The lowest BCUT2D eigenvalue weighted by molar-refractivity contribution is -0.140. The molecule has 2 N–H and O–H groups in total. The molecule has 0 fully saturated rings. The van der Waals surface area contributed by atoms with Crippen molar-refractivity contribution in [3.63, 3.8) is 0 Å². The lowest BCUT2D eigenvalue weighted by Crippen LogP contribution is -2.26. The van der Waals surface area contributed by atoms with Crippen LogP contribution < -0.4 is 10.0 Å². The van der Waals surface area contributed by atoms with Crippen molar-refractivity contribution in [3.05, 3.63) is 11.1 Å². The Morgan fingerprint density at radius 3 is 2.59 bits per heavy atom. The second-order valence-electron chi connectivity index (χ2n) is 2.99. The highest BCUT2D eigenvalue weighted by Crippen LogP contribution is 2.31. The summed E-state index contributed by atoms with van der Waals surface area (Å²) < 4.78 is 60.6. The molecule has 0 aliphatic carbocycles. The van der Waals surface area contributed by atoms with E-state index in [9.17, 15) is 21.6 Å². The molecule has 1 aromatic rings. The molecule has 1 aromatic heterocycles. The highest BCUT2D eigenvalue weighted by Gasteiger charge is 2.33. The summed E-state index contributed by atoms with van der Waals surface area (Å²) in [4.78, 5) is 3.29. The molecular formula is C7H10F3N3O2S2.